The molecule has 0 amide bonds. The first-order valence-electron chi connectivity index (χ1n) is 8.65. The Bertz CT molecular complexity index is 858. The Morgan fingerprint density at radius 2 is 1.07 bits per heavy atom. The Labute approximate surface area is 172 Å². The minimum absolute atomic E-state index is 0.0451. The van der Waals surface area contributed by atoms with Crippen molar-refractivity contribution in [3.05, 3.63) is 70.8 Å². The van der Waals surface area contributed by atoms with Crippen molar-refractivity contribution in [1.29, 1.82) is 0 Å². The van der Waals surface area contributed by atoms with Gasteiger partial charge in [-0.1, -0.05) is 26.0 Å². The molecule has 0 aromatic heterocycles. The summed E-state index contributed by atoms with van der Waals surface area (Å²) in [5, 5.41) is 34.6. The van der Waals surface area contributed by atoms with E-state index in [1.54, 1.807) is 13.8 Å². The van der Waals surface area contributed by atoms with Crippen LogP contribution >= 0.6 is 0 Å². The van der Waals surface area contributed by atoms with E-state index in [1.807, 2.05) is 0 Å². The summed E-state index contributed by atoms with van der Waals surface area (Å²) in [6, 6.07) is 10.0. The zero-order valence-corrected chi connectivity index (χ0v) is 16.4. The molecule has 0 heterocycles. The number of aliphatic hydroxyl groups is 2. The summed E-state index contributed by atoms with van der Waals surface area (Å²) in [4.78, 5) is 45.4. The predicted octanol–water partition coefficient (Wildman–Crippen LogP) is 2.08. The second-order valence-corrected chi connectivity index (χ2v) is 6.93. The lowest BCUT2D eigenvalue weighted by atomic mass is 9.97. The van der Waals surface area contributed by atoms with Gasteiger partial charge in [0, 0.05) is 5.41 Å². The molecule has 0 spiro atoms. The molecule has 160 valence electrons. The van der Waals surface area contributed by atoms with E-state index in [0.29, 0.717) is 0 Å². The molecule has 9 heteroatoms. The number of rotatable bonds is 6. The molecule has 0 aliphatic carbocycles. The lowest BCUT2D eigenvalue weighted by molar-refractivity contribution is 0.0397. The molecule has 0 atom stereocenters. The Kier molecular flexibility index (Phi) is 8.85. The number of carboxylic acid groups (broad SMARTS) is 2. The van der Waals surface area contributed by atoms with Crippen LogP contribution in [0.15, 0.2) is 48.5 Å². The number of hydrogen-bond donors (Lipinski definition) is 4. The third kappa shape index (κ3) is 7.46. The number of benzene rings is 2. The van der Waals surface area contributed by atoms with Crippen LogP contribution < -0.4 is 0 Å². The average Bonchev–Trinajstić information content (AvgIpc) is 2.74. The highest BCUT2D eigenvalue weighted by molar-refractivity contribution is 6.04. The predicted molar refractivity (Wildman–Crippen MR) is 105 cm³/mol. The topological polar surface area (TPSA) is 158 Å². The van der Waals surface area contributed by atoms with Crippen LogP contribution in [-0.4, -0.2) is 57.5 Å². The summed E-state index contributed by atoms with van der Waals surface area (Å²) in [6.07, 6.45) is 0. The van der Waals surface area contributed by atoms with Gasteiger partial charge in [0.25, 0.3) is 0 Å². The molecule has 0 aliphatic rings. The normalized spacial score (nSPS) is 10.4. The van der Waals surface area contributed by atoms with Crippen molar-refractivity contribution in [3.8, 4) is 0 Å². The standard InChI is InChI=1S/C16H10O7.C5H12O2/c17-13(18)9-3-1-5-11(7-9)15(21)23-16(22)12-6-2-4-10(8-12)14(19)20;1-5(2,3-6)4-7/h1-8H,(H,17,18)(H,19,20);6-7H,3-4H2,1-2H3. The van der Waals surface area contributed by atoms with Gasteiger partial charge in [-0.2, -0.15) is 0 Å². The quantitative estimate of drug-likeness (QED) is 0.407. The van der Waals surface area contributed by atoms with Crippen LogP contribution in [0.4, 0.5) is 0 Å². The maximum absolute atomic E-state index is 11.9. The molecule has 0 fully saturated rings. The van der Waals surface area contributed by atoms with Gasteiger partial charge in [0.1, 0.15) is 0 Å². The van der Waals surface area contributed by atoms with Crippen LogP contribution in [0.5, 0.6) is 0 Å². The van der Waals surface area contributed by atoms with Crippen molar-refractivity contribution in [2.75, 3.05) is 13.2 Å². The molecular weight excluding hydrogens is 396 g/mol. The fourth-order valence-electron chi connectivity index (χ4n) is 1.81. The van der Waals surface area contributed by atoms with E-state index in [9.17, 15) is 19.2 Å². The molecule has 2 aromatic carbocycles. The van der Waals surface area contributed by atoms with Crippen molar-refractivity contribution in [1.82, 2.24) is 0 Å². The van der Waals surface area contributed by atoms with E-state index in [2.05, 4.69) is 4.74 Å². The molecule has 0 bridgehead atoms. The van der Waals surface area contributed by atoms with Crippen LogP contribution in [-0.2, 0) is 4.74 Å². The number of carbonyl (C=O) groups is 4. The molecule has 0 aliphatic heterocycles. The Morgan fingerprint density at radius 3 is 1.33 bits per heavy atom. The van der Waals surface area contributed by atoms with Gasteiger partial charge in [-0.25, -0.2) is 19.2 Å². The molecule has 0 radical (unpaired) electrons. The summed E-state index contributed by atoms with van der Waals surface area (Å²) in [5.41, 5.74) is -0.764. The van der Waals surface area contributed by atoms with Crippen molar-refractivity contribution in [3.63, 3.8) is 0 Å². The van der Waals surface area contributed by atoms with E-state index in [-0.39, 0.29) is 40.9 Å². The highest BCUT2D eigenvalue weighted by atomic mass is 16.6. The maximum atomic E-state index is 11.9. The number of hydrogen-bond acceptors (Lipinski definition) is 7. The molecule has 0 saturated carbocycles. The first-order chi connectivity index (χ1) is 14.0. The van der Waals surface area contributed by atoms with E-state index >= 15 is 0 Å². The molecule has 4 N–H and O–H groups in total. The third-order valence-electron chi connectivity index (χ3n) is 3.73. The fourth-order valence-corrected chi connectivity index (χ4v) is 1.81. The molecule has 2 aromatic rings. The second kappa shape index (κ2) is 10.8. The van der Waals surface area contributed by atoms with Gasteiger partial charge >= 0.3 is 23.9 Å². The lowest BCUT2D eigenvalue weighted by Gasteiger charge is -2.16. The molecule has 30 heavy (non-hydrogen) atoms. The van der Waals surface area contributed by atoms with E-state index in [0.717, 1.165) is 12.1 Å². The SMILES string of the molecule is CC(C)(CO)CO.O=C(O)c1cccc(C(=O)OC(=O)c2cccc(C(=O)O)c2)c1. The first kappa shape index (κ1) is 24.5. The van der Waals surface area contributed by atoms with Gasteiger partial charge < -0.3 is 25.2 Å². The number of aliphatic hydroxyl groups excluding tert-OH is 2. The second-order valence-electron chi connectivity index (χ2n) is 6.93. The monoisotopic (exact) mass is 418 g/mol. The van der Waals surface area contributed by atoms with Crippen molar-refractivity contribution in [2.24, 2.45) is 5.41 Å². The number of esters is 2. The number of aromatic carboxylic acids is 2. The van der Waals surface area contributed by atoms with Crippen LogP contribution in [0.2, 0.25) is 0 Å². The van der Waals surface area contributed by atoms with Gasteiger partial charge in [-0.3, -0.25) is 0 Å². The lowest BCUT2D eigenvalue weighted by Crippen LogP contribution is -2.20. The smallest absolute Gasteiger partial charge is 0.346 e. The summed E-state index contributed by atoms with van der Waals surface area (Å²) < 4.78 is 4.63. The van der Waals surface area contributed by atoms with E-state index in [4.69, 9.17) is 20.4 Å². The molecule has 9 nitrogen and oxygen atoms in total. The number of carboxylic acids is 2. The summed E-state index contributed by atoms with van der Waals surface area (Å²) in [6.45, 7) is 3.69. The van der Waals surface area contributed by atoms with Crippen LogP contribution in [0.25, 0.3) is 0 Å². The van der Waals surface area contributed by atoms with Gasteiger partial charge in [0.05, 0.1) is 35.5 Å². The highest BCUT2D eigenvalue weighted by Crippen LogP contribution is 2.11. The zero-order valence-electron chi connectivity index (χ0n) is 16.4. The minimum Gasteiger partial charge on any atom is -0.478 e. The van der Waals surface area contributed by atoms with E-state index < -0.39 is 23.9 Å². The van der Waals surface area contributed by atoms with Gasteiger partial charge in [0.2, 0.25) is 0 Å². The van der Waals surface area contributed by atoms with Crippen LogP contribution in [0, 0.1) is 5.41 Å². The zero-order chi connectivity index (χ0) is 22.9. The average molecular weight is 418 g/mol. The molecule has 2 rings (SSSR count). The number of carbonyl (C=O) groups excluding carboxylic acids is 2. The van der Waals surface area contributed by atoms with Crippen LogP contribution in [0.1, 0.15) is 55.3 Å². The molecule has 0 saturated heterocycles. The van der Waals surface area contributed by atoms with Gasteiger partial charge in [-0.05, 0) is 36.4 Å². The minimum atomic E-state index is -1.22. The summed E-state index contributed by atoms with van der Waals surface area (Å²) in [5.74, 6) is -4.50. The van der Waals surface area contributed by atoms with Gasteiger partial charge in [0.15, 0.2) is 0 Å². The first-order valence-corrected chi connectivity index (χ1v) is 8.65. The van der Waals surface area contributed by atoms with E-state index in [1.165, 1.54) is 36.4 Å². The van der Waals surface area contributed by atoms with Crippen molar-refractivity contribution in [2.45, 2.75) is 13.8 Å². The number of ether oxygens (including phenoxy) is 1. The summed E-state index contributed by atoms with van der Waals surface area (Å²) >= 11 is 0. The Balaban J connectivity index is 0.000000553. The van der Waals surface area contributed by atoms with Gasteiger partial charge in [-0.15, -0.1) is 0 Å². The maximum Gasteiger partial charge on any atom is 0.346 e. The largest absolute Gasteiger partial charge is 0.478 e. The Hall–Kier alpha value is -3.56. The van der Waals surface area contributed by atoms with Crippen LogP contribution in [0.3, 0.4) is 0 Å². The highest BCUT2D eigenvalue weighted by Gasteiger charge is 2.17. The third-order valence-corrected chi connectivity index (χ3v) is 3.73. The Morgan fingerprint density at radius 1 is 0.733 bits per heavy atom. The molecule has 0 unspecified atom stereocenters. The fraction of sp³-hybridized carbons (Fsp3) is 0.238. The van der Waals surface area contributed by atoms with Crippen molar-refractivity contribution < 1.29 is 44.3 Å². The summed E-state index contributed by atoms with van der Waals surface area (Å²) in [7, 11) is 0. The van der Waals surface area contributed by atoms with Crippen molar-refractivity contribution >= 4 is 23.9 Å². The molecular formula is C21H22O9.